The lowest BCUT2D eigenvalue weighted by atomic mass is 10.1. The van der Waals surface area contributed by atoms with Crippen LogP contribution >= 0.6 is 0 Å². The second kappa shape index (κ2) is 8.54. The summed E-state index contributed by atoms with van der Waals surface area (Å²) in [5, 5.41) is 6.86. The fraction of sp³-hybridized carbons (Fsp3) is 0.273. The fourth-order valence-electron chi connectivity index (χ4n) is 2.99. The molecule has 5 nitrogen and oxygen atoms in total. The summed E-state index contributed by atoms with van der Waals surface area (Å²) in [4.78, 5) is 9.05. The van der Waals surface area contributed by atoms with Crippen molar-refractivity contribution >= 4 is 17.3 Å². The van der Waals surface area contributed by atoms with Crippen molar-refractivity contribution in [2.75, 3.05) is 17.7 Å². The lowest BCUT2D eigenvalue weighted by Crippen LogP contribution is -2.06. The van der Waals surface area contributed by atoms with Gasteiger partial charge in [0, 0.05) is 18.3 Å². The highest BCUT2D eigenvalue weighted by atomic mass is 16.5. The Labute approximate surface area is 160 Å². The molecule has 0 aliphatic heterocycles. The summed E-state index contributed by atoms with van der Waals surface area (Å²) in [5.41, 5.74) is 4.77. The van der Waals surface area contributed by atoms with Crippen LogP contribution in [0, 0.1) is 13.8 Å². The third kappa shape index (κ3) is 4.76. The van der Waals surface area contributed by atoms with Crippen LogP contribution in [0.2, 0.25) is 0 Å². The van der Waals surface area contributed by atoms with Crippen molar-refractivity contribution in [1.82, 2.24) is 9.97 Å². The van der Waals surface area contributed by atoms with Crippen molar-refractivity contribution < 1.29 is 4.74 Å². The van der Waals surface area contributed by atoms with Gasteiger partial charge >= 0.3 is 0 Å². The Bertz CT molecular complexity index is 907. The van der Waals surface area contributed by atoms with Crippen LogP contribution in [0.3, 0.4) is 0 Å². The van der Waals surface area contributed by atoms with Crippen LogP contribution in [0.1, 0.15) is 29.4 Å². The maximum atomic E-state index is 5.20. The molecule has 0 saturated heterocycles. The molecule has 140 valence electrons. The van der Waals surface area contributed by atoms with E-state index < -0.39 is 0 Å². The third-order valence-electron chi connectivity index (χ3n) is 4.46. The molecule has 0 radical (unpaired) electrons. The normalized spacial score (nSPS) is 10.5. The Morgan fingerprint density at radius 2 is 1.70 bits per heavy atom. The summed E-state index contributed by atoms with van der Waals surface area (Å²) in [6.07, 6.45) is 0.969. The molecule has 0 atom stereocenters. The van der Waals surface area contributed by atoms with Crippen molar-refractivity contribution in [2.45, 2.75) is 33.7 Å². The minimum Gasteiger partial charge on any atom is -0.497 e. The first-order chi connectivity index (χ1) is 13.1. The highest BCUT2D eigenvalue weighted by molar-refractivity contribution is 5.66. The molecule has 1 heterocycles. The van der Waals surface area contributed by atoms with E-state index in [2.05, 4.69) is 52.6 Å². The van der Waals surface area contributed by atoms with Crippen LogP contribution in [0.4, 0.5) is 17.3 Å². The van der Waals surface area contributed by atoms with Gasteiger partial charge in [0.2, 0.25) is 0 Å². The molecular weight excluding hydrogens is 336 g/mol. The van der Waals surface area contributed by atoms with E-state index in [1.165, 1.54) is 11.1 Å². The maximum Gasteiger partial charge on any atom is 0.136 e. The lowest BCUT2D eigenvalue weighted by molar-refractivity contribution is 0.414. The molecule has 0 unspecified atom stereocenters. The first-order valence-electron chi connectivity index (χ1n) is 9.17. The molecule has 0 saturated carbocycles. The van der Waals surface area contributed by atoms with Crippen molar-refractivity contribution in [3.63, 3.8) is 0 Å². The zero-order chi connectivity index (χ0) is 19.2. The standard InChI is InChI=1S/C22H26N4O/c1-5-18-8-6-7-15(2)22(18)26-21-13-20(24-16(3)25-21)23-14-17-9-11-19(27-4)12-10-17/h6-13H,5,14H2,1-4H3,(H2,23,24,25,26). The minimum absolute atomic E-state index is 0.685. The number of aromatic nitrogens is 2. The molecule has 3 rings (SSSR count). The van der Waals surface area contributed by atoms with Crippen LogP contribution in [-0.2, 0) is 13.0 Å². The topological polar surface area (TPSA) is 59.1 Å². The van der Waals surface area contributed by atoms with Gasteiger partial charge in [-0.25, -0.2) is 9.97 Å². The van der Waals surface area contributed by atoms with E-state index in [0.29, 0.717) is 6.54 Å². The predicted molar refractivity (Wildman–Crippen MR) is 111 cm³/mol. The van der Waals surface area contributed by atoms with Crippen molar-refractivity contribution in [1.29, 1.82) is 0 Å². The number of nitrogens with zero attached hydrogens (tertiary/aromatic N) is 2. The first-order valence-corrected chi connectivity index (χ1v) is 9.17. The molecule has 0 amide bonds. The second-order valence-corrected chi connectivity index (χ2v) is 6.47. The fourth-order valence-corrected chi connectivity index (χ4v) is 2.99. The number of anilines is 3. The second-order valence-electron chi connectivity index (χ2n) is 6.47. The summed E-state index contributed by atoms with van der Waals surface area (Å²) in [7, 11) is 1.67. The molecule has 0 bridgehead atoms. The summed E-state index contributed by atoms with van der Waals surface area (Å²) in [6.45, 7) is 6.86. The zero-order valence-corrected chi connectivity index (χ0v) is 16.3. The van der Waals surface area contributed by atoms with Crippen LogP contribution < -0.4 is 15.4 Å². The van der Waals surface area contributed by atoms with Gasteiger partial charge in [-0.2, -0.15) is 0 Å². The lowest BCUT2D eigenvalue weighted by Gasteiger charge is -2.15. The van der Waals surface area contributed by atoms with Crippen molar-refractivity contribution in [3.8, 4) is 5.75 Å². The Morgan fingerprint density at radius 1 is 0.963 bits per heavy atom. The first kappa shape index (κ1) is 18.7. The molecule has 0 spiro atoms. The van der Waals surface area contributed by atoms with Gasteiger partial charge in [-0.1, -0.05) is 37.3 Å². The third-order valence-corrected chi connectivity index (χ3v) is 4.46. The van der Waals surface area contributed by atoms with E-state index in [-0.39, 0.29) is 0 Å². The molecule has 5 heteroatoms. The Hall–Kier alpha value is -3.08. The van der Waals surface area contributed by atoms with Gasteiger partial charge in [-0.05, 0) is 49.1 Å². The molecule has 0 fully saturated rings. The summed E-state index contributed by atoms with van der Waals surface area (Å²) >= 11 is 0. The van der Waals surface area contributed by atoms with E-state index in [9.17, 15) is 0 Å². The highest BCUT2D eigenvalue weighted by Crippen LogP contribution is 2.25. The van der Waals surface area contributed by atoms with Gasteiger partial charge in [0.25, 0.3) is 0 Å². The van der Waals surface area contributed by atoms with Gasteiger partial charge in [0.1, 0.15) is 23.2 Å². The molecule has 2 aromatic carbocycles. The molecule has 1 aromatic heterocycles. The molecule has 2 N–H and O–H groups in total. The average molecular weight is 362 g/mol. The number of benzene rings is 2. The highest BCUT2D eigenvalue weighted by Gasteiger charge is 2.08. The zero-order valence-electron chi connectivity index (χ0n) is 16.3. The number of para-hydroxylation sites is 1. The van der Waals surface area contributed by atoms with E-state index in [1.54, 1.807) is 7.11 Å². The molecule has 0 aliphatic carbocycles. The number of hydrogen-bond donors (Lipinski definition) is 2. The largest absolute Gasteiger partial charge is 0.497 e. The number of nitrogens with one attached hydrogen (secondary N) is 2. The van der Waals surface area contributed by atoms with Gasteiger partial charge in [-0.15, -0.1) is 0 Å². The maximum absolute atomic E-state index is 5.20. The number of methoxy groups -OCH3 is 1. The van der Waals surface area contributed by atoms with Crippen LogP contribution in [0.5, 0.6) is 5.75 Å². The van der Waals surface area contributed by atoms with Gasteiger partial charge in [-0.3, -0.25) is 0 Å². The molecule has 3 aromatic rings. The number of hydrogen-bond acceptors (Lipinski definition) is 5. The Balaban J connectivity index is 1.76. The van der Waals surface area contributed by atoms with Crippen LogP contribution in [-0.4, -0.2) is 17.1 Å². The van der Waals surface area contributed by atoms with E-state index in [1.807, 2.05) is 37.3 Å². The average Bonchev–Trinajstić information content (AvgIpc) is 2.68. The SMILES string of the molecule is CCc1cccc(C)c1Nc1cc(NCc2ccc(OC)cc2)nc(C)n1. The molecule has 27 heavy (non-hydrogen) atoms. The predicted octanol–water partition coefficient (Wildman–Crippen LogP) is 5.02. The van der Waals surface area contributed by atoms with Gasteiger partial charge < -0.3 is 15.4 Å². The van der Waals surface area contributed by atoms with Crippen molar-refractivity contribution in [2.24, 2.45) is 0 Å². The van der Waals surface area contributed by atoms with Gasteiger partial charge in [0.05, 0.1) is 7.11 Å². The van der Waals surface area contributed by atoms with E-state index >= 15 is 0 Å². The summed E-state index contributed by atoms with van der Waals surface area (Å²) in [5.74, 6) is 3.17. The summed E-state index contributed by atoms with van der Waals surface area (Å²) < 4.78 is 5.20. The number of aryl methyl sites for hydroxylation is 3. The molecular formula is C22H26N4O. The van der Waals surface area contributed by atoms with Crippen molar-refractivity contribution in [3.05, 3.63) is 71.0 Å². The van der Waals surface area contributed by atoms with E-state index in [0.717, 1.165) is 40.9 Å². The Kier molecular flexibility index (Phi) is 5.91. The smallest absolute Gasteiger partial charge is 0.136 e. The van der Waals surface area contributed by atoms with Crippen LogP contribution in [0.25, 0.3) is 0 Å². The quantitative estimate of drug-likeness (QED) is 0.618. The van der Waals surface area contributed by atoms with E-state index in [4.69, 9.17) is 4.74 Å². The monoisotopic (exact) mass is 362 g/mol. The number of rotatable bonds is 7. The van der Waals surface area contributed by atoms with Crippen LogP contribution in [0.15, 0.2) is 48.5 Å². The molecule has 0 aliphatic rings. The Morgan fingerprint density at radius 3 is 2.41 bits per heavy atom. The number of ether oxygens (including phenoxy) is 1. The summed E-state index contributed by atoms with van der Waals surface area (Å²) in [6, 6.07) is 16.3. The minimum atomic E-state index is 0.685. The van der Waals surface area contributed by atoms with Gasteiger partial charge in [0.15, 0.2) is 0 Å².